The summed E-state index contributed by atoms with van der Waals surface area (Å²) in [5.41, 5.74) is 0.0724. The number of aromatic carboxylic acids is 1. The van der Waals surface area contributed by atoms with Gasteiger partial charge in [-0.15, -0.1) is 0 Å². The highest BCUT2D eigenvalue weighted by Gasteiger charge is 2.26. The Morgan fingerprint density at radius 2 is 2.05 bits per heavy atom. The Hall–Kier alpha value is -1.33. The predicted octanol–water partition coefficient (Wildman–Crippen LogP) is 2.77. The van der Waals surface area contributed by atoms with E-state index in [0.29, 0.717) is 0 Å². The number of carboxylic acid groups (broad SMARTS) is 1. The molecule has 0 bridgehead atoms. The highest BCUT2D eigenvalue weighted by atomic mass is 35.5. The van der Waals surface area contributed by atoms with Crippen LogP contribution in [0.3, 0.4) is 0 Å². The third kappa shape index (κ3) is 3.81. The van der Waals surface area contributed by atoms with Crippen molar-refractivity contribution in [1.29, 1.82) is 0 Å². The highest BCUT2D eigenvalue weighted by Crippen LogP contribution is 2.25. The maximum atomic E-state index is 10.9. The lowest BCUT2D eigenvalue weighted by Crippen LogP contribution is -2.35. The molecular weight excluding hydrogens is 270 g/mol. The third-order valence-electron chi connectivity index (χ3n) is 2.96. The number of ether oxygens (including phenoxy) is 2. The number of rotatable bonds is 3. The molecule has 2 rings (SSSR count). The predicted molar refractivity (Wildman–Crippen MR) is 69.9 cm³/mol. The molecule has 2 heterocycles. The van der Waals surface area contributed by atoms with E-state index in [0.717, 1.165) is 12.8 Å². The lowest BCUT2D eigenvalue weighted by Gasteiger charge is -2.31. The van der Waals surface area contributed by atoms with Crippen molar-refractivity contribution in [3.8, 4) is 5.88 Å². The summed E-state index contributed by atoms with van der Waals surface area (Å²) >= 11 is 5.79. The molecule has 104 valence electrons. The van der Waals surface area contributed by atoms with Crippen molar-refractivity contribution in [2.24, 2.45) is 0 Å². The number of pyridine rings is 1. The Kier molecular flexibility index (Phi) is 4.27. The first-order valence-electron chi connectivity index (χ1n) is 6.17. The molecule has 0 spiro atoms. The van der Waals surface area contributed by atoms with Gasteiger partial charge in [-0.25, -0.2) is 9.78 Å². The fraction of sp³-hybridized carbons (Fsp3) is 0.538. The molecule has 1 aliphatic rings. The Labute approximate surface area is 116 Å². The first kappa shape index (κ1) is 14.1. The minimum atomic E-state index is -1.05. The molecule has 6 heteroatoms. The first-order valence-corrected chi connectivity index (χ1v) is 6.55. The fourth-order valence-corrected chi connectivity index (χ4v) is 2.47. The second-order valence-corrected chi connectivity index (χ2v) is 5.18. The molecule has 0 radical (unpaired) electrons. The second-order valence-electron chi connectivity index (χ2n) is 4.79. The lowest BCUT2D eigenvalue weighted by atomic mass is 10.0. The van der Waals surface area contributed by atoms with Crippen molar-refractivity contribution in [1.82, 2.24) is 4.98 Å². The van der Waals surface area contributed by atoms with Crippen LogP contribution >= 0.6 is 11.6 Å². The van der Waals surface area contributed by atoms with Crippen molar-refractivity contribution >= 4 is 17.6 Å². The molecule has 1 fully saturated rings. The average molecular weight is 286 g/mol. The Balaban J connectivity index is 2.12. The highest BCUT2D eigenvalue weighted by molar-refractivity contribution is 6.29. The quantitative estimate of drug-likeness (QED) is 0.865. The number of aromatic nitrogens is 1. The van der Waals surface area contributed by atoms with Gasteiger partial charge >= 0.3 is 5.97 Å². The summed E-state index contributed by atoms with van der Waals surface area (Å²) in [6, 6.07) is 2.69. The molecule has 1 N–H and O–H groups in total. The SMILES string of the molecule is CC1CC(Oc2cc(C(=O)O)cc(Cl)n2)CC(C)O1. The van der Waals surface area contributed by atoms with E-state index in [1.807, 2.05) is 13.8 Å². The summed E-state index contributed by atoms with van der Waals surface area (Å²) in [7, 11) is 0. The van der Waals surface area contributed by atoms with Crippen molar-refractivity contribution in [2.75, 3.05) is 0 Å². The van der Waals surface area contributed by atoms with Gasteiger partial charge in [-0.1, -0.05) is 11.6 Å². The zero-order valence-corrected chi connectivity index (χ0v) is 11.6. The van der Waals surface area contributed by atoms with E-state index >= 15 is 0 Å². The molecule has 0 amide bonds. The van der Waals surface area contributed by atoms with Crippen LogP contribution in [0.5, 0.6) is 5.88 Å². The molecule has 2 unspecified atom stereocenters. The molecule has 5 nitrogen and oxygen atoms in total. The van der Waals surface area contributed by atoms with E-state index in [9.17, 15) is 4.79 Å². The van der Waals surface area contributed by atoms with Crippen LogP contribution in [0.25, 0.3) is 0 Å². The molecule has 0 saturated carbocycles. The van der Waals surface area contributed by atoms with Gasteiger partial charge in [0.2, 0.25) is 5.88 Å². The van der Waals surface area contributed by atoms with E-state index in [4.69, 9.17) is 26.2 Å². The number of carbonyl (C=O) groups is 1. The standard InChI is InChI=1S/C13H16ClNO4/c1-7-3-10(4-8(2)18-7)19-12-6-9(13(16)17)5-11(14)15-12/h5-8,10H,3-4H2,1-2H3,(H,16,17). The summed E-state index contributed by atoms with van der Waals surface area (Å²) in [5.74, 6) is -0.806. The number of hydrogen-bond donors (Lipinski definition) is 1. The van der Waals surface area contributed by atoms with Gasteiger partial charge in [-0.05, 0) is 19.9 Å². The molecule has 1 aromatic rings. The number of carboxylic acids is 1. The molecule has 1 aromatic heterocycles. The zero-order valence-electron chi connectivity index (χ0n) is 10.8. The zero-order chi connectivity index (χ0) is 14.0. The summed E-state index contributed by atoms with van der Waals surface area (Å²) < 4.78 is 11.3. The van der Waals surface area contributed by atoms with Crippen LogP contribution in [0.1, 0.15) is 37.0 Å². The summed E-state index contributed by atoms with van der Waals surface area (Å²) in [4.78, 5) is 14.9. The number of halogens is 1. The van der Waals surface area contributed by atoms with E-state index in [-0.39, 0.29) is 34.9 Å². The Morgan fingerprint density at radius 1 is 1.42 bits per heavy atom. The minimum Gasteiger partial charge on any atom is -0.478 e. The van der Waals surface area contributed by atoms with Crippen molar-refractivity contribution in [3.05, 3.63) is 22.8 Å². The van der Waals surface area contributed by atoms with Gasteiger partial charge in [-0.2, -0.15) is 0 Å². The Bertz CT molecular complexity index is 470. The topological polar surface area (TPSA) is 68.7 Å². The molecular formula is C13H16ClNO4. The average Bonchev–Trinajstić information content (AvgIpc) is 2.26. The van der Waals surface area contributed by atoms with E-state index in [2.05, 4.69) is 4.98 Å². The van der Waals surface area contributed by atoms with Gasteiger partial charge in [0.25, 0.3) is 0 Å². The summed E-state index contributed by atoms with van der Waals surface area (Å²) in [5, 5.41) is 9.08. The maximum Gasteiger partial charge on any atom is 0.335 e. The minimum absolute atomic E-state index is 0.0358. The van der Waals surface area contributed by atoms with Crippen LogP contribution in [0.15, 0.2) is 12.1 Å². The van der Waals surface area contributed by atoms with Gasteiger partial charge in [-0.3, -0.25) is 0 Å². The van der Waals surface area contributed by atoms with Gasteiger partial charge in [0.15, 0.2) is 0 Å². The van der Waals surface area contributed by atoms with Gasteiger partial charge < -0.3 is 14.6 Å². The van der Waals surface area contributed by atoms with Crippen LogP contribution < -0.4 is 4.74 Å². The summed E-state index contributed by atoms with van der Waals surface area (Å²) in [6.07, 6.45) is 1.70. The smallest absolute Gasteiger partial charge is 0.335 e. The van der Waals surface area contributed by atoms with Crippen molar-refractivity contribution < 1.29 is 19.4 Å². The second kappa shape index (κ2) is 5.75. The molecule has 2 atom stereocenters. The monoisotopic (exact) mass is 285 g/mol. The van der Waals surface area contributed by atoms with Crippen LogP contribution in [0.2, 0.25) is 5.15 Å². The van der Waals surface area contributed by atoms with Crippen LogP contribution in [-0.2, 0) is 4.74 Å². The van der Waals surface area contributed by atoms with E-state index in [1.165, 1.54) is 12.1 Å². The number of hydrogen-bond acceptors (Lipinski definition) is 4. The molecule has 1 aliphatic heterocycles. The van der Waals surface area contributed by atoms with Crippen molar-refractivity contribution in [3.63, 3.8) is 0 Å². The fourth-order valence-electron chi connectivity index (χ4n) is 2.27. The van der Waals surface area contributed by atoms with Gasteiger partial charge in [0, 0.05) is 18.9 Å². The number of nitrogens with zero attached hydrogens (tertiary/aromatic N) is 1. The van der Waals surface area contributed by atoms with Gasteiger partial charge in [0.1, 0.15) is 11.3 Å². The first-order chi connectivity index (χ1) is 8.94. The van der Waals surface area contributed by atoms with Crippen LogP contribution in [0, 0.1) is 0 Å². The molecule has 0 aromatic carbocycles. The summed E-state index contributed by atoms with van der Waals surface area (Å²) in [6.45, 7) is 3.97. The van der Waals surface area contributed by atoms with E-state index < -0.39 is 5.97 Å². The third-order valence-corrected chi connectivity index (χ3v) is 3.15. The van der Waals surface area contributed by atoms with E-state index in [1.54, 1.807) is 0 Å². The normalized spacial score (nSPS) is 27.0. The molecule has 0 aliphatic carbocycles. The van der Waals surface area contributed by atoms with Gasteiger partial charge in [0.05, 0.1) is 17.8 Å². The maximum absolute atomic E-state index is 10.9. The molecule has 19 heavy (non-hydrogen) atoms. The Morgan fingerprint density at radius 3 is 2.63 bits per heavy atom. The van der Waals surface area contributed by atoms with Crippen LogP contribution in [0.4, 0.5) is 0 Å². The van der Waals surface area contributed by atoms with Crippen molar-refractivity contribution in [2.45, 2.75) is 45.0 Å². The molecule has 1 saturated heterocycles. The largest absolute Gasteiger partial charge is 0.478 e. The van der Waals surface area contributed by atoms with Crippen LogP contribution in [-0.4, -0.2) is 34.4 Å². The lowest BCUT2D eigenvalue weighted by molar-refractivity contribution is -0.0729.